The number of rotatable bonds is 4. The van der Waals surface area contributed by atoms with Crippen molar-refractivity contribution in [1.82, 2.24) is 4.57 Å². The average molecular weight is 657 g/mol. The topological polar surface area (TPSA) is 21.3 Å². The van der Waals surface area contributed by atoms with Crippen LogP contribution in [0.25, 0.3) is 80.4 Å². The first-order valence-corrected chi connectivity index (χ1v) is 17.8. The molecule has 11 aromatic rings. The molecule has 0 spiro atoms. The van der Waals surface area contributed by atoms with Crippen LogP contribution in [0.2, 0.25) is 0 Å². The van der Waals surface area contributed by atoms with Crippen LogP contribution in [0.1, 0.15) is 0 Å². The first kappa shape index (κ1) is 27.6. The summed E-state index contributed by atoms with van der Waals surface area (Å²) in [5, 5.41) is 9.78. The minimum absolute atomic E-state index is 0.877. The van der Waals surface area contributed by atoms with Crippen LogP contribution in [-0.2, 0) is 0 Å². The normalized spacial score (nSPS) is 12.0. The molecule has 234 valence electrons. The van der Waals surface area contributed by atoms with E-state index < -0.39 is 0 Å². The van der Waals surface area contributed by atoms with Crippen LogP contribution in [-0.4, -0.2) is 4.57 Å². The molecule has 0 fully saturated rings. The zero-order valence-electron chi connectivity index (χ0n) is 26.9. The van der Waals surface area contributed by atoms with Gasteiger partial charge in [0.1, 0.15) is 11.2 Å². The molecule has 3 heterocycles. The summed E-state index contributed by atoms with van der Waals surface area (Å²) in [6.07, 6.45) is 0. The largest absolute Gasteiger partial charge is 0.456 e. The van der Waals surface area contributed by atoms with E-state index in [0.29, 0.717) is 0 Å². The standard InChI is InChI=1S/C46H28N2OS/c1-2-13-30(14-3-1)47-38-19-8-6-17-37(38)44-39(47)20-11-21-40(44)48(31-25-27-34-33-16-7-9-23-42(33)49-43(34)28-31)41-22-10-18-35-36-26-24-29-12-4-5-15-32(29)45(36)50-46(35)41/h1-28H. The number of benzene rings is 8. The van der Waals surface area contributed by atoms with Crippen LogP contribution < -0.4 is 4.90 Å². The van der Waals surface area contributed by atoms with E-state index in [9.17, 15) is 0 Å². The zero-order chi connectivity index (χ0) is 32.8. The second kappa shape index (κ2) is 10.6. The maximum atomic E-state index is 6.49. The highest BCUT2D eigenvalue weighted by molar-refractivity contribution is 7.27. The highest BCUT2D eigenvalue weighted by Crippen LogP contribution is 2.49. The van der Waals surface area contributed by atoms with E-state index in [1.54, 1.807) is 0 Å². The molecule has 8 aromatic carbocycles. The van der Waals surface area contributed by atoms with Gasteiger partial charge in [-0.1, -0.05) is 109 Å². The van der Waals surface area contributed by atoms with Crippen molar-refractivity contribution in [2.45, 2.75) is 0 Å². The zero-order valence-corrected chi connectivity index (χ0v) is 27.7. The van der Waals surface area contributed by atoms with Gasteiger partial charge in [-0.05, 0) is 65.4 Å². The van der Waals surface area contributed by atoms with E-state index in [1.807, 2.05) is 23.5 Å². The quantitative estimate of drug-likeness (QED) is 0.188. The van der Waals surface area contributed by atoms with E-state index in [1.165, 1.54) is 52.8 Å². The van der Waals surface area contributed by atoms with Crippen LogP contribution in [0.3, 0.4) is 0 Å². The SMILES string of the molecule is c1ccc(-n2c3ccccc3c3c(N(c4ccc5c(c4)oc4ccccc45)c4cccc5c4sc4c6ccccc6ccc54)cccc32)cc1. The molecule has 11 rings (SSSR count). The molecule has 0 bridgehead atoms. The summed E-state index contributed by atoms with van der Waals surface area (Å²) in [7, 11) is 0. The predicted molar refractivity (Wildman–Crippen MR) is 213 cm³/mol. The molecule has 50 heavy (non-hydrogen) atoms. The molecule has 0 saturated heterocycles. The van der Waals surface area contributed by atoms with E-state index in [-0.39, 0.29) is 0 Å². The Balaban J connectivity index is 1.26. The number of nitrogens with zero attached hydrogens (tertiary/aromatic N) is 2. The molecule has 0 radical (unpaired) electrons. The van der Waals surface area contributed by atoms with E-state index >= 15 is 0 Å². The maximum Gasteiger partial charge on any atom is 0.137 e. The minimum atomic E-state index is 0.877. The van der Waals surface area contributed by atoms with Crippen molar-refractivity contribution in [2.24, 2.45) is 0 Å². The molecule has 3 nitrogen and oxygen atoms in total. The van der Waals surface area contributed by atoms with Gasteiger partial charge in [0.25, 0.3) is 0 Å². The predicted octanol–water partition coefficient (Wildman–Crippen LogP) is 13.7. The second-order valence-corrected chi connectivity index (χ2v) is 13.9. The Hall–Kier alpha value is -6.36. The lowest BCUT2D eigenvalue weighted by Gasteiger charge is -2.27. The van der Waals surface area contributed by atoms with Crippen LogP contribution in [0, 0.1) is 0 Å². The fraction of sp³-hybridized carbons (Fsp3) is 0. The molecule has 4 heteroatoms. The third-order valence-electron chi connectivity index (χ3n) is 10.2. The van der Waals surface area contributed by atoms with Crippen molar-refractivity contribution in [3.05, 3.63) is 170 Å². The Bertz CT molecular complexity index is 3110. The van der Waals surface area contributed by atoms with Gasteiger partial charge >= 0.3 is 0 Å². The maximum absolute atomic E-state index is 6.49. The van der Waals surface area contributed by atoms with Gasteiger partial charge in [0.05, 0.1) is 27.1 Å². The first-order valence-electron chi connectivity index (χ1n) is 16.9. The highest BCUT2D eigenvalue weighted by Gasteiger charge is 2.24. The summed E-state index contributed by atoms with van der Waals surface area (Å²) in [5.74, 6) is 0. The molecule has 0 atom stereocenters. The third-order valence-corrected chi connectivity index (χ3v) is 11.4. The minimum Gasteiger partial charge on any atom is -0.456 e. The summed E-state index contributed by atoms with van der Waals surface area (Å²) in [6, 6.07) is 61.2. The van der Waals surface area contributed by atoms with Crippen LogP contribution >= 0.6 is 11.3 Å². The van der Waals surface area contributed by atoms with Crippen LogP contribution in [0.5, 0.6) is 0 Å². The van der Waals surface area contributed by atoms with Gasteiger partial charge in [-0.2, -0.15) is 0 Å². The molecule has 0 saturated carbocycles. The summed E-state index contributed by atoms with van der Waals surface area (Å²) in [6.45, 7) is 0. The number of aromatic nitrogens is 1. The number of para-hydroxylation sites is 3. The Morgan fingerprint density at radius 3 is 2.02 bits per heavy atom. The number of fused-ring (bicyclic) bond motifs is 11. The molecular weight excluding hydrogens is 629 g/mol. The van der Waals surface area contributed by atoms with Gasteiger partial charge in [0.15, 0.2) is 0 Å². The molecule has 3 aromatic heterocycles. The first-order chi connectivity index (χ1) is 24.8. The Kier molecular flexibility index (Phi) is 5.83. The van der Waals surface area contributed by atoms with Crippen LogP contribution in [0.15, 0.2) is 174 Å². The summed E-state index contributed by atoms with van der Waals surface area (Å²) in [4.78, 5) is 2.45. The van der Waals surface area contributed by atoms with Gasteiger partial charge < -0.3 is 13.9 Å². The molecule has 0 aliphatic carbocycles. The molecule has 0 aliphatic heterocycles. The summed E-state index contributed by atoms with van der Waals surface area (Å²) < 4.78 is 11.5. The Morgan fingerprint density at radius 1 is 0.440 bits per heavy atom. The van der Waals surface area contributed by atoms with Gasteiger partial charge in [0.2, 0.25) is 0 Å². The molecule has 0 N–H and O–H groups in total. The van der Waals surface area contributed by atoms with Gasteiger partial charge in [0, 0.05) is 54.5 Å². The summed E-state index contributed by atoms with van der Waals surface area (Å²) >= 11 is 1.88. The number of furan rings is 1. The lowest BCUT2D eigenvalue weighted by atomic mass is 10.0. The van der Waals surface area contributed by atoms with Gasteiger partial charge in [-0.3, -0.25) is 0 Å². The van der Waals surface area contributed by atoms with Crippen LogP contribution in [0.4, 0.5) is 17.1 Å². The van der Waals surface area contributed by atoms with Crippen molar-refractivity contribution in [1.29, 1.82) is 0 Å². The van der Waals surface area contributed by atoms with Crippen molar-refractivity contribution in [2.75, 3.05) is 4.90 Å². The Morgan fingerprint density at radius 2 is 1.10 bits per heavy atom. The van der Waals surface area contributed by atoms with E-state index in [2.05, 4.69) is 167 Å². The number of thiophene rings is 1. The third kappa shape index (κ3) is 3.91. The molecular formula is C46H28N2OS. The lowest BCUT2D eigenvalue weighted by Crippen LogP contribution is -2.10. The highest BCUT2D eigenvalue weighted by atomic mass is 32.1. The van der Waals surface area contributed by atoms with E-state index in [0.717, 1.165) is 44.7 Å². The number of hydrogen-bond donors (Lipinski definition) is 0. The fourth-order valence-electron chi connectivity index (χ4n) is 7.99. The molecule has 0 amide bonds. The molecule has 0 unspecified atom stereocenters. The van der Waals surface area contributed by atoms with Gasteiger partial charge in [-0.25, -0.2) is 0 Å². The number of hydrogen-bond acceptors (Lipinski definition) is 3. The van der Waals surface area contributed by atoms with Crippen molar-refractivity contribution in [3.63, 3.8) is 0 Å². The molecule has 0 aliphatic rings. The average Bonchev–Trinajstić information content (AvgIpc) is 3.85. The van der Waals surface area contributed by atoms with Gasteiger partial charge in [-0.15, -0.1) is 11.3 Å². The fourth-order valence-corrected chi connectivity index (χ4v) is 9.33. The van der Waals surface area contributed by atoms with Crippen molar-refractivity contribution >= 4 is 103 Å². The monoisotopic (exact) mass is 656 g/mol. The van der Waals surface area contributed by atoms with Crippen molar-refractivity contribution < 1.29 is 4.42 Å². The second-order valence-electron chi connectivity index (χ2n) is 12.9. The smallest absolute Gasteiger partial charge is 0.137 e. The Labute approximate surface area is 291 Å². The lowest BCUT2D eigenvalue weighted by molar-refractivity contribution is 0.669. The summed E-state index contributed by atoms with van der Waals surface area (Å²) in [5.41, 5.74) is 8.59. The van der Waals surface area contributed by atoms with Crippen molar-refractivity contribution in [3.8, 4) is 5.69 Å². The van der Waals surface area contributed by atoms with E-state index in [4.69, 9.17) is 4.42 Å². The number of anilines is 3.